The number of thiazole rings is 1. The molecule has 2 aromatic heterocycles. The first-order valence-electron chi connectivity index (χ1n) is 11.0. The summed E-state index contributed by atoms with van der Waals surface area (Å²) in [6.07, 6.45) is 4.45. The van der Waals surface area contributed by atoms with Crippen LogP contribution in [0, 0.1) is 11.8 Å². The largest absolute Gasteiger partial charge is 0.481 e. The number of hydrogen-bond acceptors (Lipinski definition) is 3. The zero-order chi connectivity index (χ0) is 23.5. The molecule has 2 aromatic carbocycles. The summed E-state index contributed by atoms with van der Waals surface area (Å²) in [5, 5.41) is 13.0. The zero-order valence-electron chi connectivity index (χ0n) is 18.6. The van der Waals surface area contributed by atoms with Crippen LogP contribution in [-0.2, 0) is 24.1 Å². The lowest BCUT2D eigenvalue weighted by atomic mass is 9.93. The van der Waals surface area contributed by atoms with E-state index in [4.69, 9.17) is 28.2 Å². The number of aromatic amines is 1. The molecule has 7 heteroatoms. The summed E-state index contributed by atoms with van der Waals surface area (Å²) in [5.41, 5.74) is 3.95. The monoisotopic (exact) mass is 500 g/mol. The number of nitrogens with zero attached hydrogens (tertiary/aromatic N) is 1. The second kappa shape index (κ2) is 10.3. The van der Waals surface area contributed by atoms with E-state index in [0.717, 1.165) is 39.2 Å². The van der Waals surface area contributed by atoms with Gasteiger partial charge in [-0.2, -0.15) is 0 Å². The van der Waals surface area contributed by atoms with Crippen LogP contribution in [0.2, 0.25) is 10.0 Å². The molecule has 2 N–H and O–H groups in total. The highest BCUT2D eigenvalue weighted by molar-refractivity contribution is 7.12. The van der Waals surface area contributed by atoms with E-state index in [9.17, 15) is 9.90 Å². The van der Waals surface area contributed by atoms with Crippen molar-refractivity contribution in [3.8, 4) is 11.3 Å². The third-order valence-electron chi connectivity index (χ3n) is 5.74. The Labute approximate surface area is 207 Å². The van der Waals surface area contributed by atoms with Crippen molar-refractivity contribution in [2.45, 2.75) is 39.5 Å². The topological polar surface area (TPSA) is 66.0 Å². The molecule has 1 unspecified atom stereocenters. The van der Waals surface area contributed by atoms with Gasteiger partial charge in [0.2, 0.25) is 0 Å². The molecule has 1 atom stereocenters. The standard InChI is InChI=1S/C26H26Cl2N2O2S/c1-15(2)12-23-25(17-6-8-20(27)21(28)14-17)30-24(33-23)9-7-18(26(31)32)13-16-4-3-5-22-19(16)10-11-29-22/h3-6,8,10-11,14-15,18,29H,7,9,12-13H2,1-2H3,(H,31,32). The highest BCUT2D eigenvalue weighted by Crippen LogP contribution is 2.35. The predicted octanol–water partition coefficient (Wildman–Crippen LogP) is 7.67. The van der Waals surface area contributed by atoms with Crippen molar-refractivity contribution in [2.75, 3.05) is 0 Å². The van der Waals surface area contributed by atoms with Crippen molar-refractivity contribution in [1.82, 2.24) is 9.97 Å². The van der Waals surface area contributed by atoms with E-state index in [1.807, 2.05) is 42.6 Å². The number of carboxylic acid groups (broad SMARTS) is 1. The zero-order valence-corrected chi connectivity index (χ0v) is 20.9. The molecule has 0 saturated heterocycles. The lowest BCUT2D eigenvalue weighted by molar-refractivity contribution is -0.141. The van der Waals surface area contributed by atoms with E-state index in [0.29, 0.717) is 35.2 Å². The van der Waals surface area contributed by atoms with Crippen molar-refractivity contribution in [2.24, 2.45) is 11.8 Å². The highest BCUT2D eigenvalue weighted by atomic mass is 35.5. The second-order valence-corrected chi connectivity index (χ2v) is 10.7. The molecule has 0 saturated carbocycles. The van der Waals surface area contributed by atoms with Gasteiger partial charge in [0, 0.05) is 34.0 Å². The van der Waals surface area contributed by atoms with Gasteiger partial charge in [0.15, 0.2) is 0 Å². The summed E-state index contributed by atoms with van der Waals surface area (Å²) in [5.74, 6) is -0.768. The van der Waals surface area contributed by atoms with Gasteiger partial charge in [-0.05, 0) is 55.0 Å². The van der Waals surface area contributed by atoms with Gasteiger partial charge in [0.25, 0.3) is 0 Å². The number of carbonyl (C=O) groups is 1. The van der Waals surface area contributed by atoms with Crippen molar-refractivity contribution in [3.05, 3.63) is 74.2 Å². The maximum atomic E-state index is 12.1. The number of hydrogen-bond donors (Lipinski definition) is 2. The van der Waals surface area contributed by atoms with Crippen molar-refractivity contribution >= 4 is 51.4 Å². The number of benzene rings is 2. The second-order valence-electron chi connectivity index (χ2n) is 8.74. The van der Waals surface area contributed by atoms with E-state index in [1.165, 1.54) is 4.88 Å². The quantitative estimate of drug-likeness (QED) is 0.247. The number of halogens is 2. The van der Waals surface area contributed by atoms with Crippen LogP contribution in [-0.4, -0.2) is 21.0 Å². The van der Waals surface area contributed by atoms with Gasteiger partial charge >= 0.3 is 5.97 Å². The summed E-state index contributed by atoms with van der Waals surface area (Å²) >= 11 is 14.0. The number of nitrogens with one attached hydrogen (secondary N) is 1. The van der Waals surface area contributed by atoms with Gasteiger partial charge < -0.3 is 10.1 Å². The van der Waals surface area contributed by atoms with Crippen molar-refractivity contribution in [3.63, 3.8) is 0 Å². The van der Waals surface area contributed by atoms with Crippen LogP contribution in [0.4, 0.5) is 0 Å². The molecule has 4 nitrogen and oxygen atoms in total. The number of H-pyrrole nitrogens is 1. The van der Waals surface area contributed by atoms with E-state index in [-0.39, 0.29) is 0 Å². The number of aryl methyl sites for hydroxylation is 1. The molecule has 0 radical (unpaired) electrons. The van der Waals surface area contributed by atoms with Gasteiger partial charge in [-0.25, -0.2) is 4.98 Å². The Hall–Kier alpha value is -2.34. The molecule has 4 rings (SSSR count). The molecule has 4 aromatic rings. The smallest absolute Gasteiger partial charge is 0.306 e. The molecule has 0 aliphatic carbocycles. The van der Waals surface area contributed by atoms with Crippen LogP contribution in [0.3, 0.4) is 0 Å². The SMILES string of the molecule is CC(C)Cc1sc(CCC(Cc2cccc3[nH]ccc23)C(=O)O)nc1-c1ccc(Cl)c(Cl)c1. The number of fused-ring (bicyclic) bond motifs is 1. The Morgan fingerprint density at radius 3 is 2.67 bits per heavy atom. The molecule has 0 aliphatic heterocycles. The van der Waals surface area contributed by atoms with Gasteiger partial charge in [0.1, 0.15) is 0 Å². The summed E-state index contributed by atoms with van der Waals surface area (Å²) < 4.78 is 0. The number of carboxylic acids is 1. The van der Waals surface area contributed by atoms with Crippen molar-refractivity contribution in [1.29, 1.82) is 0 Å². The number of aromatic nitrogens is 2. The minimum atomic E-state index is -0.772. The first kappa shape index (κ1) is 23.8. The number of aliphatic carboxylic acids is 1. The predicted molar refractivity (Wildman–Crippen MR) is 138 cm³/mol. The van der Waals surface area contributed by atoms with E-state index >= 15 is 0 Å². The Balaban J connectivity index is 1.55. The minimum Gasteiger partial charge on any atom is -0.481 e. The summed E-state index contributed by atoms with van der Waals surface area (Å²) in [7, 11) is 0. The molecule has 33 heavy (non-hydrogen) atoms. The Bertz CT molecular complexity index is 1280. The van der Waals surface area contributed by atoms with Gasteiger partial charge in [-0.1, -0.05) is 55.2 Å². The summed E-state index contributed by atoms with van der Waals surface area (Å²) in [6, 6.07) is 13.6. The van der Waals surface area contributed by atoms with Gasteiger partial charge in [-0.15, -0.1) is 11.3 Å². The molecule has 2 heterocycles. The molecular formula is C26H26Cl2N2O2S. The average Bonchev–Trinajstić information content (AvgIpc) is 3.40. The van der Waals surface area contributed by atoms with E-state index < -0.39 is 11.9 Å². The van der Waals surface area contributed by atoms with Crippen LogP contribution in [0.15, 0.2) is 48.7 Å². The number of rotatable bonds is 9. The third-order valence-corrected chi connectivity index (χ3v) is 7.61. The molecule has 172 valence electrons. The molecule has 0 bridgehead atoms. The first-order valence-corrected chi connectivity index (χ1v) is 12.6. The maximum absolute atomic E-state index is 12.1. The fourth-order valence-electron chi connectivity index (χ4n) is 4.09. The highest BCUT2D eigenvalue weighted by Gasteiger charge is 2.21. The normalized spacial score (nSPS) is 12.5. The fraction of sp³-hybridized carbons (Fsp3) is 0.308. The van der Waals surface area contributed by atoms with E-state index in [1.54, 1.807) is 17.4 Å². The molecule has 0 spiro atoms. The summed E-state index contributed by atoms with van der Waals surface area (Å²) in [4.78, 5) is 21.3. The summed E-state index contributed by atoms with van der Waals surface area (Å²) in [6.45, 7) is 4.36. The lowest BCUT2D eigenvalue weighted by Crippen LogP contribution is -2.17. The fourth-order valence-corrected chi connectivity index (χ4v) is 5.71. The Morgan fingerprint density at radius 2 is 1.94 bits per heavy atom. The minimum absolute atomic E-state index is 0.476. The van der Waals surface area contributed by atoms with Crippen LogP contribution in [0.25, 0.3) is 22.2 Å². The first-order chi connectivity index (χ1) is 15.8. The van der Waals surface area contributed by atoms with Crippen LogP contribution in [0.5, 0.6) is 0 Å². The third kappa shape index (κ3) is 5.60. The van der Waals surface area contributed by atoms with Gasteiger partial charge in [-0.3, -0.25) is 4.79 Å². The molecule has 0 aliphatic rings. The van der Waals surface area contributed by atoms with Crippen LogP contribution < -0.4 is 0 Å². The molecule has 0 amide bonds. The van der Waals surface area contributed by atoms with Crippen LogP contribution >= 0.6 is 34.5 Å². The molecular weight excluding hydrogens is 475 g/mol. The maximum Gasteiger partial charge on any atom is 0.306 e. The van der Waals surface area contributed by atoms with E-state index in [2.05, 4.69) is 18.8 Å². The van der Waals surface area contributed by atoms with Gasteiger partial charge in [0.05, 0.1) is 26.7 Å². The lowest BCUT2D eigenvalue weighted by Gasteiger charge is -2.12. The van der Waals surface area contributed by atoms with Crippen molar-refractivity contribution < 1.29 is 9.90 Å². The average molecular weight is 501 g/mol. The van der Waals surface area contributed by atoms with Crippen LogP contribution in [0.1, 0.15) is 35.7 Å². The Kier molecular flexibility index (Phi) is 7.42. The Morgan fingerprint density at radius 1 is 1.12 bits per heavy atom. The molecule has 0 fully saturated rings.